The topological polar surface area (TPSA) is 9.23 Å². The number of rotatable bonds is 1. The summed E-state index contributed by atoms with van der Waals surface area (Å²) in [7, 11) is 0. The Bertz CT molecular complexity index is 158. The van der Waals surface area contributed by atoms with Gasteiger partial charge >= 0.3 is 0 Å². The maximum absolute atomic E-state index is 5.58. The Hall–Kier alpha value is -0.300. The normalized spacial score (nSPS) is 30.7. The van der Waals surface area contributed by atoms with Crippen LogP contribution >= 0.6 is 0 Å². The summed E-state index contributed by atoms with van der Waals surface area (Å²) in [5, 5.41) is 0. The lowest BCUT2D eigenvalue weighted by Crippen LogP contribution is -2.03. The first kappa shape index (κ1) is 8.31. The van der Waals surface area contributed by atoms with E-state index in [1.54, 1.807) is 5.57 Å². The van der Waals surface area contributed by atoms with Gasteiger partial charge in [0.25, 0.3) is 0 Å². The van der Waals surface area contributed by atoms with Crippen molar-refractivity contribution in [2.24, 2.45) is 0 Å². The van der Waals surface area contributed by atoms with Crippen LogP contribution in [0.5, 0.6) is 0 Å². The van der Waals surface area contributed by atoms with Crippen molar-refractivity contribution in [1.82, 2.24) is 0 Å². The zero-order valence-corrected chi connectivity index (χ0v) is 7.72. The van der Waals surface area contributed by atoms with Gasteiger partial charge in [-0.2, -0.15) is 0 Å². The molecule has 0 amide bonds. The SMILES string of the molecule is C(=C1CCCCC1)[C@@H]1CCCO1. The van der Waals surface area contributed by atoms with Gasteiger partial charge in [0.15, 0.2) is 0 Å². The molecule has 1 heteroatoms. The van der Waals surface area contributed by atoms with Gasteiger partial charge in [-0.15, -0.1) is 0 Å². The molecule has 0 aromatic carbocycles. The second-order valence-corrected chi connectivity index (χ2v) is 3.94. The van der Waals surface area contributed by atoms with E-state index in [4.69, 9.17) is 4.74 Å². The van der Waals surface area contributed by atoms with Crippen molar-refractivity contribution in [1.29, 1.82) is 0 Å². The molecule has 68 valence electrons. The Labute approximate surface area is 74.8 Å². The summed E-state index contributed by atoms with van der Waals surface area (Å²) in [4.78, 5) is 0. The molecular weight excluding hydrogens is 148 g/mol. The van der Waals surface area contributed by atoms with Crippen LogP contribution in [0.15, 0.2) is 11.6 Å². The highest BCUT2D eigenvalue weighted by Crippen LogP contribution is 2.25. The highest BCUT2D eigenvalue weighted by Gasteiger charge is 2.14. The van der Waals surface area contributed by atoms with Crippen molar-refractivity contribution in [3.8, 4) is 0 Å². The van der Waals surface area contributed by atoms with Crippen LogP contribution in [0.3, 0.4) is 0 Å². The van der Waals surface area contributed by atoms with Crippen molar-refractivity contribution >= 4 is 0 Å². The van der Waals surface area contributed by atoms with E-state index in [-0.39, 0.29) is 0 Å². The van der Waals surface area contributed by atoms with Crippen molar-refractivity contribution in [2.45, 2.75) is 51.0 Å². The molecule has 0 aromatic heterocycles. The lowest BCUT2D eigenvalue weighted by atomic mass is 9.93. The Kier molecular flexibility index (Phi) is 2.83. The van der Waals surface area contributed by atoms with Crippen LogP contribution < -0.4 is 0 Å². The van der Waals surface area contributed by atoms with E-state index >= 15 is 0 Å². The summed E-state index contributed by atoms with van der Waals surface area (Å²) in [6.07, 6.45) is 12.3. The van der Waals surface area contributed by atoms with Gasteiger partial charge in [0.1, 0.15) is 0 Å². The molecule has 12 heavy (non-hydrogen) atoms. The van der Waals surface area contributed by atoms with Crippen LogP contribution in [0.4, 0.5) is 0 Å². The van der Waals surface area contributed by atoms with Crippen LogP contribution in [-0.4, -0.2) is 12.7 Å². The Balaban J connectivity index is 1.87. The molecule has 0 radical (unpaired) electrons. The first-order chi connectivity index (χ1) is 5.95. The predicted molar refractivity (Wildman–Crippen MR) is 50.1 cm³/mol. The third-order valence-corrected chi connectivity index (χ3v) is 2.88. The third kappa shape index (κ3) is 2.10. The molecule has 1 aliphatic heterocycles. The standard InChI is InChI=1S/C11H18O/c1-2-5-10(6-3-1)9-11-7-4-8-12-11/h9,11H,1-8H2/t11-/m0/s1. The molecule has 2 aliphatic rings. The monoisotopic (exact) mass is 166 g/mol. The van der Waals surface area contributed by atoms with E-state index < -0.39 is 0 Å². The molecule has 2 rings (SSSR count). The van der Waals surface area contributed by atoms with Gasteiger partial charge in [-0.3, -0.25) is 0 Å². The molecule has 1 saturated carbocycles. The van der Waals surface area contributed by atoms with Crippen LogP contribution in [0.1, 0.15) is 44.9 Å². The molecule has 1 saturated heterocycles. The van der Waals surface area contributed by atoms with E-state index in [0.717, 1.165) is 6.61 Å². The van der Waals surface area contributed by atoms with Gasteiger partial charge in [-0.25, -0.2) is 0 Å². The summed E-state index contributed by atoms with van der Waals surface area (Å²) in [5.74, 6) is 0. The van der Waals surface area contributed by atoms with E-state index in [9.17, 15) is 0 Å². The van der Waals surface area contributed by atoms with Crippen LogP contribution in [0.25, 0.3) is 0 Å². The van der Waals surface area contributed by atoms with E-state index in [2.05, 4.69) is 6.08 Å². The second kappa shape index (κ2) is 4.08. The van der Waals surface area contributed by atoms with Gasteiger partial charge < -0.3 is 4.74 Å². The highest BCUT2D eigenvalue weighted by atomic mass is 16.5. The lowest BCUT2D eigenvalue weighted by Gasteiger charge is -2.15. The quantitative estimate of drug-likeness (QED) is 0.544. The average Bonchev–Trinajstić information content (AvgIpc) is 2.59. The van der Waals surface area contributed by atoms with E-state index in [0.29, 0.717) is 6.10 Å². The summed E-state index contributed by atoms with van der Waals surface area (Å²) < 4.78 is 5.58. The predicted octanol–water partition coefficient (Wildman–Crippen LogP) is 3.06. The van der Waals surface area contributed by atoms with Crippen molar-refractivity contribution in [3.63, 3.8) is 0 Å². The van der Waals surface area contributed by atoms with Crippen molar-refractivity contribution < 1.29 is 4.74 Å². The van der Waals surface area contributed by atoms with E-state index in [1.165, 1.54) is 44.9 Å². The average molecular weight is 166 g/mol. The van der Waals surface area contributed by atoms with Crippen LogP contribution in [0.2, 0.25) is 0 Å². The summed E-state index contributed by atoms with van der Waals surface area (Å²) >= 11 is 0. The first-order valence-corrected chi connectivity index (χ1v) is 5.26. The van der Waals surface area contributed by atoms with Crippen LogP contribution in [-0.2, 0) is 4.74 Å². The number of allylic oxidation sites excluding steroid dienone is 1. The highest BCUT2D eigenvalue weighted by molar-refractivity contribution is 5.07. The second-order valence-electron chi connectivity index (χ2n) is 3.94. The summed E-state index contributed by atoms with van der Waals surface area (Å²) in [6.45, 7) is 0.981. The number of hydrogen-bond acceptors (Lipinski definition) is 1. The maximum atomic E-state index is 5.58. The third-order valence-electron chi connectivity index (χ3n) is 2.88. The Morgan fingerprint density at radius 1 is 1.08 bits per heavy atom. The maximum Gasteiger partial charge on any atom is 0.0759 e. The first-order valence-electron chi connectivity index (χ1n) is 5.26. The summed E-state index contributed by atoms with van der Waals surface area (Å²) in [6, 6.07) is 0. The number of hydrogen-bond donors (Lipinski definition) is 0. The molecular formula is C11H18O. The number of ether oxygens (including phenoxy) is 1. The van der Waals surface area contributed by atoms with E-state index in [1.807, 2.05) is 0 Å². The fourth-order valence-electron chi connectivity index (χ4n) is 2.17. The Morgan fingerprint density at radius 3 is 2.58 bits per heavy atom. The fraction of sp³-hybridized carbons (Fsp3) is 0.818. The fourth-order valence-corrected chi connectivity index (χ4v) is 2.17. The molecule has 1 atom stereocenters. The largest absolute Gasteiger partial charge is 0.374 e. The van der Waals surface area contributed by atoms with Gasteiger partial charge in [0.2, 0.25) is 0 Å². The molecule has 0 aromatic rings. The molecule has 1 aliphatic carbocycles. The molecule has 1 heterocycles. The van der Waals surface area contributed by atoms with Gasteiger partial charge in [0.05, 0.1) is 6.10 Å². The zero-order valence-electron chi connectivity index (χ0n) is 7.72. The molecule has 1 nitrogen and oxygen atoms in total. The van der Waals surface area contributed by atoms with Crippen LogP contribution in [0, 0.1) is 0 Å². The van der Waals surface area contributed by atoms with Gasteiger partial charge in [-0.05, 0) is 38.5 Å². The smallest absolute Gasteiger partial charge is 0.0759 e. The zero-order chi connectivity index (χ0) is 8.23. The van der Waals surface area contributed by atoms with Gasteiger partial charge in [0, 0.05) is 6.61 Å². The minimum atomic E-state index is 0.470. The lowest BCUT2D eigenvalue weighted by molar-refractivity contribution is 0.144. The molecule has 0 bridgehead atoms. The minimum Gasteiger partial charge on any atom is -0.374 e. The minimum absolute atomic E-state index is 0.470. The van der Waals surface area contributed by atoms with Crippen molar-refractivity contribution in [2.75, 3.05) is 6.61 Å². The summed E-state index contributed by atoms with van der Waals surface area (Å²) in [5.41, 5.74) is 1.66. The molecule has 0 spiro atoms. The van der Waals surface area contributed by atoms with Crippen molar-refractivity contribution in [3.05, 3.63) is 11.6 Å². The van der Waals surface area contributed by atoms with Gasteiger partial charge in [-0.1, -0.05) is 18.1 Å². The molecule has 0 N–H and O–H groups in total. The Morgan fingerprint density at radius 2 is 1.92 bits per heavy atom. The molecule has 0 unspecified atom stereocenters. The molecule has 2 fully saturated rings.